The SMILES string of the molecule is CCNC(=NCCCNC(=O)c1occc1C)NC1CCN(Cc2ccccn2)CC1.I. The molecule has 1 fully saturated rings. The maximum Gasteiger partial charge on any atom is 0.287 e. The average molecular weight is 554 g/mol. The molecular formula is C23H35IN6O2. The van der Waals surface area contributed by atoms with Gasteiger partial charge < -0.3 is 20.4 Å². The zero-order chi connectivity index (χ0) is 21.9. The molecule has 9 heteroatoms. The number of carbonyl (C=O) groups is 1. The third-order valence-electron chi connectivity index (χ3n) is 5.34. The third kappa shape index (κ3) is 8.42. The summed E-state index contributed by atoms with van der Waals surface area (Å²) in [6.07, 6.45) is 6.31. The molecule has 8 nitrogen and oxygen atoms in total. The summed E-state index contributed by atoms with van der Waals surface area (Å²) in [7, 11) is 0. The number of furan rings is 1. The maximum atomic E-state index is 12.1. The number of aliphatic imine (C=N–C) groups is 1. The van der Waals surface area contributed by atoms with E-state index < -0.39 is 0 Å². The van der Waals surface area contributed by atoms with Crippen LogP contribution in [0.1, 0.15) is 48.0 Å². The van der Waals surface area contributed by atoms with Gasteiger partial charge in [0.15, 0.2) is 11.7 Å². The number of aryl methyl sites for hydroxylation is 1. The second kappa shape index (κ2) is 14.1. The van der Waals surface area contributed by atoms with Crippen molar-refractivity contribution in [3.8, 4) is 0 Å². The summed E-state index contributed by atoms with van der Waals surface area (Å²) in [5.41, 5.74) is 1.97. The van der Waals surface area contributed by atoms with Crippen LogP contribution in [-0.2, 0) is 6.54 Å². The molecule has 0 saturated carbocycles. The number of guanidine groups is 1. The molecule has 3 N–H and O–H groups in total. The molecule has 1 saturated heterocycles. The van der Waals surface area contributed by atoms with Gasteiger partial charge in [0.25, 0.3) is 5.91 Å². The van der Waals surface area contributed by atoms with Crippen molar-refractivity contribution in [1.82, 2.24) is 25.8 Å². The maximum absolute atomic E-state index is 12.1. The normalized spacial score (nSPS) is 15.1. The van der Waals surface area contributed by atoms with Gasteiger partial charge >= 0.3 is 0 Å². The van der Waals surface area contributed by atoms with E-state index >= 15 is 0 Å². The summed E-state index contributed by atoms with van der Waals surface area (Å²) < 4.78 is 5.21. The fraction of sp³-hybridized carbons (Fsp3) is 0.522. The van der Waals surface area contributed by atoms with Crippen LogP contribution in [0.25, 0.3) is 0 Å². The number of rotatable bonds is 9. The molecule has 0 aromatic carbocycles. The Balaban J connectivity index is 0.00000363. The first-order chi connectivity index (χ1) is 15.2. The summed E-state index contributed by atoms with van der Waals surface area (Å²) >= 11 is 0. The first-order valence-electron chi connectivity index (χ1n) is 11.1. The lowest BCUT2D eigenvalue weighted by molar-refractivity contribution is 0.0925. The Morgan fingerprint density at radius 1 is 1.25 bits per heavy atom. The van der Waals surface area contributed by atoms with Crippen molar-refractivity contribution >= 4 is 35.8 Å². The first kappa shape index (κ1) is 26.1. The highest BCUT2D eigenvalue weighted by atomic mass is 127. The van der Waals surface area contributed by atoms with Crippen molar-refractivity contribution in [3.63, 3.8) is 0 Å². The number of pyridine rings is 1. The van der Waals surface area contributed by atoms with Crippen LogP contribution in [0.2, 0.25) is 0 Å². The largest absolute Gasteiger partial charge is 0.459 e. The fourth-order valence-electron chi connectivity index (χ4n) is 3.63. The Hall–Kier alpha value is -2.14. The fourth-order valence-corrected chi connectivity index (χ4v) is 3.63. The standard InChI is InChI=1S/C23H34N6O2.HI/c1-3-24-23(27-13-6-12-26-22(30)21-18(2)10-16-31-21)28-19-8-14-29(15-9-19)17-20-7-4-5-11-25-20;/h4-5,7,10-11,16,19H,3,6,8-9,12-15,17H2,1-2H3,(H,26,30)(H2,24,27,28);1H. The molecule has 0 spiro atoms. The summed E-state index contributed by atoms with van der Waals surface area (Å²) in [5.74, 6) is 1.06. The summed E-state index contributed by atoms with van der Waals surface area (Å²) in [4.78, 5) is 23.6. The minimum atomic E-state index is -0.172. The number of nitrogens with zero attached hydrogens (tertiary/aromatic N) is 3. The second-order valence-electron chi connectivity index (χ2n) is 7.82. The van der Waals surface area contributed by atoms with Gasteiger partial charge in [0.05, 0.1) is 12.0 Å². The molecule has 1 amide bonds. The molecular weight excluding hydrogens is 519 g/mol. The van der Waals surface area contributed by atoms with Crippen LogP contribution in [0.5, 0.6) is 0 Å². The zero-order valence-corrected chi connectivity index (χ0v) is 21.3. The van der Waals surface area contributed by atoms with E-state index in [1.54, 1.807) is 6.07 Å². The minimum Gasteiger partial charge on any atom is -0.459 e. The van der Waals surface area contributed by atoms with Crippen molar-refractivity contribution < 1.29 is 9.21 Å². The lowest BCUT2D eigenvalue weighted by atomic mass is 10.0. The smallest absolute Gasteiger partial charge is 0.287 e. The van der Waals surface area contributed by atoms with Gasteiger partial charge in [0.2, 0.25) is 0 Å². The first-order valence-corrected chi connectivity index (χ1v) is 11.1. The Bertz CT molecular complexity index is 834. The number of carbonyl (C=O) groups excluding carboxylic acids is 1. The number of hydrogen-bond donors (Lipinski definition) is 3. The average Bonchev–Trinajstić information content (AvgIpc) is 3.21. The van der Waals surface area contributed by atoms with Crippen LogP contribution < -0.4 is 16.0 Å². The van der Waals surface area contributed by atoms with E-state index in [0.29, 0.717) is 24.9 Å². The summed E-state index contributed by atoms with van der Waals surface area (Å²) in [5, 5.41) is 9.77. The van der Waals surface area contributed by atoms with E-state index in [2.05, 4.69) is 43.8 Å². The van der Waals surface area contributed by atoms with Gasteiger partial charge in [-0.1, -0.05) is 6.07 Å². The van der Waals surface area contributed by atoms with E-state index in [1.807, 2.05) is 25.3 Å². The lowest BCUT2D eigenvalue weighted by Crippen LogP contribution is -2.48. The van der Waals surface area contributed by atoms with Gasteiger partial charge in [-0.05, 0) is 51.3 Å². The predicted octanol–water partition coefficient (Wildman–Crippen LogP) is 2.94. The molecule has 3 heterocycles. The van der Waals surface area contributed by atoms with Crippen LogP contribution in [0.15, 0.2) is 46.1 Å². The molecule has 176 valence electrons. The molecule has 0 radical (unpaired) electrons. The molecule has 2 aromatic rings. The molecule has 0 atom stereocenters. The van der Waals surface area contributed by atoms with Crippen LogP contribution in [0.4, 0.5) is 0 Å². The quantitative estimate of drug-likeness (QED) is 0.191. The Kier molecular flexibility index (Phi) is 11.5. The molecule has 1 aliphatic heterocycles. The number of piperidine rings is 1. The topological polar surface area (TPSA) is 94.8 Å². The van der Waals surface area contributed by atoms with E-state index in [0.717, 1.165) is 62.7 Å². The lowest BCUT2D eigenvalue weighted by Gasteiger charge is -2.32. The third-order valence-corrected chi connectivity index (χ3v) is 5.34. The zero-order valence-electron chi connectivity index (χ0n) is 19.0. The van der Waals surface area contributed by atoms with Gasteiger partial charge in [-0.3, -0.25) is 19.7 Å². The van der Waals surface area contributed by atoms with Gasteiger partial charge in [0, 0.05) is 57.1 Å². The van der Waals surface area contributed by atoms with Crippen LogP contribution in [0, 0.1) is 6.92 Å². The van der Waals surface area contributed by atoms with E-state index in [-0.39, 0.29) is 29.9 Å². The van der Waals surface area contributed by atoms with Crippen LogP contribution in [0.3, 0.4) is 0 Å². The molecule has 3 rings (SSSR count). The highest BCUT2D eigenvalue weighted by Crippen LogP contribution is 2.13. The second-order valence-corrected chi connectivity index (χ2v) is 7.82. The Morgan fingerprint density at radius 2 is 2.06 bits per heavy atom. The van der Waals surface area contributed by atoms with E-state index in [1.165, 1.54) is 6.26 Å². The van der Waals surface area contributed by atoms with Crippen molar-refractivity contribution in [2.24, 2.45) is 4.99 Å². The van der Waals surface area contributed by atoms with Crippen molar-refractivity contribution in [3.05, 3.63) is 53.7 Å². The number of likely N-dealkylation sites (tertiary alicyclic amines) is 1. The minimum absolute atomic E-state index is 0. The Morgan fingerprint density at radius 3 is 2.72 bits per heavy atom. The van der Waals surface area contributed by atoms with Crippen molar-refractivity contribution in [2.45, 2.75) is 45.7 Å². The van der Waals surface area contributed by atoms with Crippen molar-refractivity contribution in [1.29, 1.82) is 0 Å². The number of aromatic nitrogens is 1. The van der Waals surface area contributed by atoms with E-state index in [4.69, 9.17) is 4.42 Å². The highest BCUT2D eigenvalue weighted by molar-refractivity contribution is 14.0. The van der Waals surface area contributed by atoms with Crippen molar-refractivity contribution in [2.75, 3.05) is 32.7 Å². The van der Waals surface area contributed by atoms with Gasteiger partial charge in [-0.2, -0.15) is 0 Å². The molecule has 2 aromatic heterocycles. The number of amides is 1. The number of hydrogen-bond acceptors (Lipinski definition) is 5. The summed E-state index contributed by atoms with van der Waals surface area (Å²) in [6, 6.07) is 8.28. The summed E-state index contributed by atoms with van der Waals surface area (Å²) in [6.45, 7) is 8.96. The van der Waals surface area contributed by atoms with Crippen LogP contribution >= 0.6 is 24.0 Å². The van der Waals surface area contributed by atoms with Crippen LogP contribution in [-0.4, -0.2) is 60.5 Å². The number of halogens is 1. The molecule has 0 bridgehead atoms. The molecule has 1 aliphatic rings. The highest BCUT2D eigenvalue weighted by Gasteiger charge is 2.20. The van der Waals surface area contributed by atoms with E-state index in [9.17, 15) is 4.79 Å². The monoisotopic (exact) mass is 554 g/mol. The Labute approximate surface area is 207 Å². The molecule has 32 heavy (non-hydrogen) atoms. The molecule has 0 aliphatic carbocycles. The van der Waals surface area contributed by atoms with Gasteiger partial charge in [-0.15, -0.1) is 24.0 Å². The number of nitrogens with one attached hydrogen (secondary N) is 3. The van der Waals surface area contributed by atoms with Gasteiger partial charge in [0.1, 0.15) is 0 Å². The predicted molar refractivity (Wildman–Crippen MR) is 137 cm³/mol. The molecule has 0 unspecified atom stereocenters. The van der Waals surface area contributed by atoms with Gasteiger partial charge in [-0.25, -0.2) is 0 Å².